The van der Waals surface area contributed by atoms with E-state index in [0.717, 1.165) is 13.0 Å². The second-order valence-electron chi connectivity index (χ2n) is 8.03. The Kier molecular flexibility index (Phi) is 7.33. The highest BCUT2D eigenvalue weighted by Crippen LogP contribution is 2.43. The Labute approximate surface area is 159 Å². The van der Waals surface area contributed by atoms with Crippen molar-refractivity contribution in [2.75, 3.05) is 0 Å². The highest BCUT2D eigenvalue weighted by atomic mass is 19.3. The Morgan fingerprint density at radius 2 is 1.85 bits per heavy atom. The third-order valence-corrected chi connectivity index (χ3v) is 4.26. The zero-order valence-electron chi connectivity index (χ0n) is 16.8. The molecule has 1 aromatic rings. The fraction of sp³-hybridized carbons (Fsp3) is 0.650. The molecule has 0 bridgehead atoms. The van der Waals surface area contributed by atoms with Gasteiger partial charge in [-0.25, -0.2) is 9.18 Å². The summed E-state index contributed by atoms with van der Waals surface area (Å²) in [7, 11) is 0. The van der Waals surface area contributed by atoms with Gasteiger partial charge in [0.25, 0.3) is 0 Å². The van der Waals surface area contributed by atoms with Crippen molar-refractivity contribution in [3.05, 3.63) is 35.1 Å². The van der Waals surface area contributed by atoms with E-state index in [9.17, 15) is 23.1 Å². The number of amides is 1. The van der Waals surface area contributed by atoms with Gasteiger partial charge in [-0.1, -0.05) is 31.9 Å². The highest BCUT2D eigenvalue weighted by molar-refractivity contribution is 5.68. The Hall–Kier alpha value is -1.76. The number of halogens is 3. The van der Waals surface area contributed by atoms with Crippen LogP contribution in [0, 0.1) is 5.82 Å². The van der Waals surface area contributed by atoms with Crippen LogP contribution >= 0.6 is 0 Å². The van der Waals surface area contributed by atoms with E-state index in [0.29, 0.717) is 12.8 Å². The van der Waals surface area contributed by atoms with Crippen LogP contribution in [0.1, 0.15) is 78.0 Å². The molecule has 0 aliphatic rings. The number of unbranched alkanes of at least 4 members (excludes halogenated alkanes) is 1. The second kappa shape index (κ2) is 8.50. The van der Waals surface area contributed by atoms with Crippen molar-refractivity contribution in [3.63, 3.8) is 0 Å². The molecule has 0 heterocycles. The highest BCUT2D eigenvalue weighted by Gasteiger charge is 2.51. The van der Waals surface area contributed by atoms with Crippen LogP contribution in [-0.4, -0.2) is 22.4 Å². The number of nitrogens with one attached hydrogen (secondary N) is 1. The summed E-state index contributed by atoms with van der Waals surface area (Å²) in [4.78, 5) is 11.9. The van der Waals surface area contributed by atoms with Crippen LogP contribution < -0.4 is 5.32 Å². The summed E-state index contributed by atoms with van der Waals surface area (Å²) in [6.45, 7) is 9.34. The lowest BCUT2D eigenvalue weighted by atomic mass is 9.86. The average Bonchev–Trinajstić information content (AvgIpc) is 2.50. The van der Waals surface area contributed by atoms with Crippen molar-refractivity contribution in [1.29, 1.82) is 0 Å². The third-order valence-electron chi connectivity index (χ3n) is 4.26. The molecule has 0 aliphatic carbocycles. The molecule has 0 spiro atoms. The van der Waals surface area contributed by atoms with E-state index in [1.54, 1.807) is 20.8 Å². The minimum absolute atomic E-state index is 0.107. The Morgan fingerprint density at radius 1 is 1.26 bits per heavy atom. The van der Waals surface area contributed by atoms with Gasteiger partial charge in [-0.3, -0.25) is 0 Å². The first kappa shape index (κ1) is 23.3. The number of hydrogen-bond acceptors (Lipinski definition) is 3. The van der Waals surface area contributed by atoms with Crippen LogP contribution in [0.25, 0.3) is 0 Å². The van der Waals surface area contributed by atoms with Gasteiger partial charge in [0.15, 0.2) is 0 Å². The van der Waals surface area contributed by atoms with E-state index >= 15 is 0 Å². The summed E-state index contributed by atoms with van der Waals surface area (Å²) in [5.74, 6) is -4.93. The van der Waals surface area contributed by atoms with Crippen LogP contribution in [0.2, 0.25) is 0 Å². The van der Waals surface area contributed by atoms with Gasteiger partial charge in [0.05, 0.1) is 11.6 Å². The van der Waals surface area contributed by atoms with Crippen LogP contribution in [0.5, 0.6) is 0 Å². The first-order valence-corrected chi connectivity index (χ1v) is 9.11. The second-order valence-corrected chi connectivity index (χ2v) is 8.03. The van der Waals surface area contributed by atoms with E-state index in [-0.39, 0.29) is 12.0 Å². The Bertz CT molecular complexity index is 654. The fourth-order valence-electron chi connectivity index (χ4n) is 2.66. The molecule has 2 N–H and O–H groups in total. The summed E-state index contributed by atoms with van der Waals surface area (Å²) >= 11 is 0. The van der Waals surface area contributed by atoms with Crippen LogP contribution in [0.3, 0.4) is 0 Å². The lowest BCUT2D eigenvalue weighted by Crippen LogP contribution is -2.44. The summed E-state index contributed by atoms with van der Waals surface area (Å²) < 4.78 is 49.7. The Morgan fingerprint density at radius 3 is 2.37 bits per heavy atom. The Balaban J connectivity index is 3.13. The number of alkyl carbamates (subject to hydrolysis) is 1. The van der Waals surface area contributed by atoms with Gasteiger partial charge in [-0.15, -0.1) is 0 Å². The van der Waals surface area contributed by atoms with E-state index in [2.05, 4.69) is 5.32 Å². The number of aliphatic hydroxyl groups is 1. The predicted molar refractivity (Wildman–Crippen MR) is 98.2 cm³/mol. The monoisotopic (exact) mass is 389 g/mol. The third kappa shape index (κ3) is 5.86. The van der Waals surface area contributed by atoms with E-state index in [1.165, 1.54) is 19.1 Å². The molecule has 0 aromatic heterocycles. The maximum absolute atomic E-state index is 14.9. The fourth-order valence-corrected chi connectivity index (χ4v) is 2.66. The predicted octanol–water partition coefficient (Wildman–Crippen LogP) is 5.44. The smallest absolute Gasteiger partial charge is 0.408 e. The molecule has 2 atom stereocenters. The molecule has 1 amide bonds. The number of alkyl halides is 2. The number of benzene rings is 1. The molecule has 0 radical (unpaired) electrons. The molecule has 0 saturated carbocycles. The van der Waals surface area contributed by atoms with Gasteiger partial charge in [0.1, 0.15) is 17.0 Å². The summed E-state index contributed by atoms with van der Waals surface area (Å²) in [5.41, 5.74) is -4.12. The molecular weight excluding hydrogens is 359 g/mol. The van der Waals surface area contributed by atoms with Gasteiger partial charge in [0, 0.05) is 5.56 Å². The number of hydrogen-bond donors (Lipinski definition) is 2. The van der Waals surface area contributed by atoms with Crippen molar-refractivity contribution in [1.82, 2.24) is 5.32 Å². The molecule has 154 valence electrons. The van der Waals surface area contributed by atoms with Crippen molar-refractivity contribution in [2.45, 2.75) is 84.0 Å². The van der Waals surface area contributed by atoms with E-state index in [1.807, 2.05) is 6.92 Å². The zero-order valence-corrected chi connectivity index (χ0v) is 16.8. The number of rotatable bonds is 7. The van der Waals surface area contributed by atoms with Crippen molar-refractivity contribution in [2.24, 2.45) is 0 Å². The first-order chi connectivity index (χ1) is 12.2. The molecule has 0 fully saturated rings. The minimum Gasteiger partial charge on any atom is -0.444 e. The van der Waals surface area contributed by atoms with Crippen LogP contribution in [0.4, 0.5) is 18.0 Å². The molecule has 2 unspecified atom stereocenters. The molecule has 7 heteroatoms. The van der Waals surface area contributed by atoms with Crippen LogP contribution in [0.15, 0.2) is 18.2 Å². The van der Waals surface area contributed by atoms with E-state index in [4.69, 9.17) is 4.74 Å². The average molecular weight is 389 g/mol. The number of ether oxygens (including phenoxy) is 1. The topological polar surface area (TPSA) is 58.6 Å². The van der Waals surface area contributed by atoms with Gasteiger partial charge in [-0.2, -0.15) is 8.78 Å². The van der Waals surface area contributed by atoms with E-state index < -0.39 is 40.6 Å². The molecule has 1 rings (SSSR count). The molecular formula is C20H30F3NO3. The van der Waals surface area contributed by atoms with Gasteiger partial charge < -0.3 is 15.2 Å². The van der Waals surface area contributed by atoms with Crippen LogP contribution in [-0.2, 0) is 10.7 Å². The maximum atomic E-state index is 14.9. The normalized spacial score (nSPS) is 15.8. The van der Waals surface area contributed by atoms with Gasteiger partial charge in [-0.05, 0) is 47.1 Å². The van der Waals surface area contributed by atoms with Gasteiger partial charge >= 0.3 is 12.0 Å². The number of carbonyl (C=O) groups is 1. The van der Waals surface area contributed by atoms with Gasteiger partial charge in [0.2, 0.25) is 0 Å². The minimum atomic E-state index is -3.78. The first-order valence-electron chi connectivity index (χ1n) is 9.11. The SMILES string of the molecule is CCCCC(C)(O)C(F)(F)c1cccc(C(C)NC(=O)OC(C)(C)C)c1F. The largest absolute Gasteiger partial charge is 0.444 e. The summed E-state index contributed by atoms with van der Waals surface area (Å²) in [5, 5.41) is 12.7. The van der Waals surface area contributed by atoms with Crippen molar-refractivity contribution < 1.29 is 27.8 Å². The lowest BCUT2D eigenvalue weighted by molar-refractivity contribution is -0.184. The molecule has 27 heavy (non-hydrogen) atoms. The quantitative estimate of drug-likeness (QED) is 0.652. The maximum Gasteiger partial charge on any atom is 0.408 e. The van der Waals surface area contributed by atoms with Crippen molar-refractivity contribution in [3.8, 4) is 0 Å². The summed E-state index contributed by atoms with van der Waals surface area (Å²) in [6.07, 6.45) is 0.0827. The molecule has 0 aliphatic heterocycles. The standard InChI is InChI=1S/C20H30F3NO3/c1-7-8-12-19(6,26)20(22,23)15-11-9-10-14(16(15)21)13(2)24-17(25)27-18(3,4)5/h9-11,13,26H,7-8,12H2,1-6H3,(H,24,25). The zero-order chi connectivity index (χ0) is 21.0. The summed E-state index contributed by atoms with van der Waals surface area (Å²) in [6, 6.07) is 2.67. The molecule has 0 saturated heterocycles. The molecule has 1 aromatic carbocycles. The number of carbonyl (C=O) groups excluding carboxylic acids is 1. The van der Waals surface area contributed by atoms with Crippen molar-refractivity contribution >= 4 is 6.09 Å². The lowest BCUT2D eigenvalue weighted by Gasteiger charge is -2.33. The molecule has 4 nitrogen and oxygen atoms in total.